The number of aryl methyl sites for hydroxylation is 2. The number of hydrogen-bond acceptors (Lipinski definition) is 5. The summed E-state index contributed by atoms with van der Waals surface area (Å²) >= 11 is 0. The molecule has 21 heavy (non-hydrogen) atoms. The maximum absolute atomic E-state index is 5.85. The quantitative estimate of drug-likeness (QED) is 0.641. The maximum atomic E-state index is 5.85. The van der Waals surface area contributed by atoms with Crippen LogP contribution in [0, 0.1) is 13.8 Å². The monoisotopic (exact) mass is 286 g/mol. The summed E-state index contributed by atoms with van der Waals surface area (Å²) in [5.74, 6) is 1.36. The molecule has 0 atom stereocenters. The summed E-state index contributed by atoms with van der Waals surface area (Å²) in [6.45, 7) is 3.92. The zero-order chi connectivity index (χ0) is 15.6. The molecule has 5 nitrogen and oxygen atoms in total. The molecule has 0 heterocycles. The van der Waals surface area contributed by atoms with Crippen LogP contribution in [0.25, 0.3) is 0 Å². The van der Waals surface area contributed by atoms with Gasteiger partial charge in [-0.05, 0) is 60.4 Å². The second-order valence-electron chi connectivity index (χ2n) is 5.19. The van der Waals surface area contributed by atoms with Gasteiger partial charge in [-0.15, -0.1) is 0 Å². The molecule has 0 unspecified atom stereocenters. The molecule has 0 fully saturated rings. The molecule has 112 valence electrons. The van der Waals surface area contributed by atoms with E-state index in [0.717, 1.165) is 22.3 Å². The molecule has 0 aromatic heterocycles. The van der Waals surface area contributed by atoms with Crippen LogP contribution < -0.4 is 27.7 Å². The van der Waals surface area contributed by atoms with Crippen LogP contribution in [-0.4, -0.2) is 0 Å². The Labute approximate surface area is 124 Å². The lowest BCUT2D eigenvalue weighted by Crippen LogP contribution is -2.21. The van der Waals surface area contributed by atoms with Crippen molar-refractivity contribution in [2.75, 3.05) is 0 Å². The number of rotatable bonds is 4. The first-order chi connectivity index (χ1) is 9.88. The van der Waals surface area contributed by atoms with E-state index in [-0.39, 0.29) is 0 Å². The van der Waals surface area contributed by atoms with Crippen LogP contribution in [-0.2, 0) is 0 Å². The molecule has 2 rings (SSSR count). The van der Waals surface area contributed by atoms with Crippen molar-refractivity contribution in [3.63, 3.8) is 0 Å². The van der Waals surface area contributed by atoms with E-state index < -0.39 is 12.3 Å². The molecule has 0 radical (unpaired) electrons. The van der Waals surface area contributed by atoms with E-state index in [2.05, 4.69) is 0 Å². The third-order valence-electron chi connectivity index (χ3n) is 3.46. The molecule has 0 aliphatic rings. The minimum atomic E-state index is -0.528. The molecule has 0 saturated carbocycles. The lowest BCUT2D eigenvalue weighted by atomic mass is 10.1. The molecule has 0 spiro atoms. The molecule has 0 saturated heterocycles. The summed E-state index contributed by atoms with van der Waals surface area (Å²) in [6, 6.07) is 11.3. The van der Waals surface area contributed by atoms with Gasteiger partial charge in [0.2, 0.25) is 0 Å². The molecule has 8 N–H and O–H groups in total. The van der Waals surface area contributed by atoms with Crippen molar-refractivity contribution in [2.24, 2.45) is 22.9 Å². The Hall–Kier alpha value is -1.92. The zero-order valence-corrected chi connectivity index (χ0v) is 12.3. The van der Waals surface area contributed by atoms with Gasteiger partial charge in [0.25, 0.3) is 0 Å². The zero-order valence-electron chi connectivity index (χ0n) is 12.3. The van der Waals surface area contributed by atoms with Crippen LogP contribution in [0.3, 0.4) is 0 Å². The Kier molecular flexibility index (Phi) is 4.59. The number of ether oxygens (including phenoxy) is 1. The minimum Gasteiger partial charge on any atom is -0.457 e. The largest absolute Gasteiger partial charge is 0.457 e. The van der Waals surface area contributed by atoms with Crippen LogP contribution >= 0.6 is 0 Å². The molecule has 0 aliphatic carbocycles. The normalized spacial score (nSPS) is 11.2. The first-order valence-electron chi connectivity index (χ1n) is 6.79. The number of nitrogens with two attached hydrogens (primary N) is 4. The van der Waals surface area contributed by atoms with E-state index >= 15 is 0 Å². The van der Waals surface area contributed by atoms with Crippen LogP contribution in [0.2, 0.25) is 0 Å². The third-order valence-corrected chi connectivity index (χ3v) is 3.46. The summed E-state index contributed by atoms with van der Waals surface area (Å²) in [5.41, 5.74) is 26.8. The topological polar surface area (TPSA) is 113 Å². The van der Waals surface area contributed by atoms with Crippen LogP contribution in [0.4, 0.5) is 0 Å². The molecule has 2 aromatic rings. The summed E-state index contributed by atoms with van der Waals surface area (Å²) < 4.78 is 5.85. The van der Waals surface area contributed by atoms with Crippen LogP contribution in [0.1, 0.15) is 34.6 Å². The van der Waals surface area contributed by atoms with E-state index in [1.807, 2.05) is 50.2 Å². The number of hydrogen-bond donors (Lipinski definition) is 4. The van der Waals surface area contributed by atoms with Gasteiger partial charge in [0.05, 0.1) is 12.3 Å². The average Bonchev–Trinajstić information content (AvgIpc) is 2.42. The molecule has 0 aliphatic heterocycles. The van der Waals surface area contributed by atoms with Gasteiger partial charge in [-0.25, -0.2) is 0 Å². The predicted molar refractivity (Wildman–Crippen MR) is 84.7 cm³/mol. The fourth-order valence-electron chi connectivity index (χ4n) is 2.22. The van der Waals surface area contributed by atoms with E-state index in [4.69, 9.17) is 27.7 Å². The maximum Gasteiger partial charge on any atom is 0.127 e. The molecule has 5 heteroatoms. The lowest BCUT2D eigenvalue weighted by Gasteiger charge is -2.15. The molecule has 0 bridgehead atoms. The average molecular weight is 286 g/mol. The summed E-state index contributed by atoms with van der Waals surface area (Å²) in [5, 5.41) is 0. The molecular formula is C16H22N4O. The van der Waals surface area contributed by atoms with Crippen molar-refractivity contribution in [3.05, 3.63) is 58.7 Å². The van der Waals surface area contributed by atoms with Gasteiger partial charge >= 0.3 is 0 Å². The number of benzene rings is 2. The summed E-state index contributed by atoms with van der Waals surface area (Å²) in [7, 11) is 0. The van der Waals surface area contributed by atoms with Crippen LogP contribution in [0.5, 0.6) is 11.5 Å². The Balaban J connectivity index is 2.30. The molecular weight excluding hydrogens is 264 g/mol. The second kappa shape index (κ2) is 6.24. The summed E-state index contributed by atoms with van der Waals surface area (Å²) in [6.07, 6.45) is -1.06. The van der Waals surface area contributed by atoms with Gasteiger partial charge in [-0.3, -0.25) is 0 Å². The minimum absolute atomic E-state index is 0.528. The van der Waals surface area contributed by atoms with Gasteiger partial charge in [0, 0.05) is 0 Å². The Morgan fingerprint density at radius 2 is 1.10 bits per heavy atom. The van der Waals surface area contributed by atoms with Crippen molar-refractivity contribution in [2.45, 2.75) is 26.2 Å². The Morgan fingerprint density at radius 3 is 1.43 bits per heavy atom. The van der Waals surface area contributed by atoms with Crippen molar-refractivity contribution in [1.82, 2.24) is 0 Å². The third kappa shape index (κ3) is 3.59. The standard InChI is InChI=1S/C16H22N4O/c1-9-3-5-11(7-13(9)15(17)18)21-12-6-4-10(2)14(8-12)16(19)20/h3-8,15-16H,17-20H2,1-2H3. The van der Waals surface area contributed by atoms with Crippen molar-refractivity contribution < 1.29 is 4.74 Å². The van der Waals surface area contributed by atoms with Gasteiger partial charge in [-0.1, -0.05) is 12.1 Å². The highest BCUT2D eigenvalue weighted by atomic mass is 16.5. The van der Waals surface area contributed by atoms with Gasteiger partial charge in [0.15, 0.2) is 0 Å². The highest BCUT2D eigenvalue weighted by molar-refractivity contribution is 5.42. The Bertz CT molecular complexity index is 583. The first kappa shape index (κ1) is 15.5. The highest BCUT2D eigenvalue weighted by Gasteiger charge is 2.09. The smallest absolute Gasteiger partial charge is 0.127 e. The fraction of sp³-hybridized carbons (Fsp3) is 0.250. The van der Waals surface area contributed by atoms with E-state index in [1.54, 1.807) is 0 Å². The lowest BCUT2D eigenvalue weighted by molar-refractivity contribution is 0.479. The first-order valence-corrected chi connectivity index (χ1v) is 6.79. The van der Waals surface area contributed by atoms with Crippen LogP contribution in [0.15, 0.2) is 36.4 Å². The predicted octanol–water partition coefficient (Wildman–Crippen LogP) is 1.93. The Morgan fingerprint density at radius 1 is 0.714 bits per heavy atom. The molecule has 2 aromatic carbocycles. The highest BCUT2D eigenvalue weighted by Crippen LogP contribution is 2.27. The van der Waals surface area contributed by atoms with Gasteiger partial charge < -0.3 is 27.7 Å². The SMILES string of the molecule is Cc1ccc(Oc2ccc(C)c(C(N)N)c2)cc1C(N)N. The van der Waals surface area contributed by atoms with E-state index in [1.165, 1.54) is 0 Å². The van der Waals surface area contributed by atoms with E-state index in [0.29, 0.717) is 11.5 Å². The van der Waals surface area contributed by atoms with Gasteiger partial charge in [-0.2, -0.15) is 0 Å². The van der Waals surface area contributed by atoms with E-state index in [9.17, 15) is 0 Å². The van der Waals surface area contributed by atoms with Crippen molar-refractivity contribution in [3.8, 4) is 11.5 Å². The van der Waals surface area contributed by atoms with Gasteiger partial charge in [0.1, 0.15) is 11.5 Å². The second-order valence-corrected chi connectivity index (χ2v) is 5.19. The van der Waals surface area contributed by atoms with Crippen molar-refractivity contribution in [1.29, 1.82) is 0 Å². The van der Waals surface area contributed by atoms with Crippen molar-refractivity contribution >= 4 is 0 Å². The fourth-order valence-corrected chi connectivity index (χ4v) is 2.22. The molecule has 0 amide bonds. The summed E-state index contributed by atoms with van der Waals surface area (Å²) in [4.78, 5) is 0.